The zero-order valence-electron chi connectivity index (χ0n) is 14.3. The fraction of sp³-hybridized carbons (Fsp3) is 0.750. The minimum atomic E-state index is 0.464. The van der Waals surface area contributed by atoms with Gasteiger partial charge in [0, 0.05) is 19.1 Å². The summed E-state index contributed by atoms with van der Waals surface area (Å²) in [6.45, 7) is 12.8. The topological polar surface area (TPSA) is 65.7 Å². The lowest BCUT2D eigenvalue weighted by Crippen LogP contribution is -2.44. The molecule has 2 rings (SSSR count). The second kappa shape index (κ2) is 8.17. The molecule has 2 N–H and O–H groups in total. The van der Waals surface area contributed by atoms with E-state index < -0.39 is 0 Å². The van der Waals surface area contributed by atoms with Crippen LogP contribution in [0.25, 0.3) is 0 Å². The SMILES string of the molecule is CCNC(=NCc1nc(C)c(C)o1)NCC1CCCN1CC. The van der Waals surface area contributed by atoms with Crippen LogP contribution in [-0.2, 0) is 6.54 Å². The van der Waals surface area contributed by atoms with Crippen molar-refractivity contribution in [3.8, 4) is 0 Å². The van der Waals surface area contributed by atoms with E-state index in [9.17, 15) is 0 Å². The van der Waals surface area contributed by atoms with E-state index in [4.69, 9.17) is 4.42 Å². The van der Waals surface area contributed by atoms with E-state index in [0.717, 1.165) is 37.0 Å². The molecule has 0 amide bonds. The Morgan fingerprint density at radius 2 is 2.18 bits per heavy atom. The number of hydrogen-bond donors (Lipinski definition) is 2. The second-order valence-electron chi connectivity index (χ2n) is 5.75. The van der Waals surface area contributed by atoms with Crippen LogP contribution in [0.1, 0.15) is 44.0 Å². The predicted molar refractivity (Wildman–Crippen MR) is 89.1 cm³/mol. The van der Waals surface area contributed by atoms with E-state index in [1.807, 2.05) is 13.8 Å². The van der Waals surface area contributed by atoms with E-state index in [1.165, 1.54) is 19.4 Å². The quantitative estimate of drug-likeness (QED) is 0.620. The molecule has 0 bridgehead atoms. The zero-order chi connectivity index (χ0) is 15.9. The molecule has 0 saturated carbocycles. The molecule has 1 aromatic rings. The smallest absolute Gasteiger partial charge is 0.216 e. The number of nitrogens with zero attached hydrogens (tertiary/aromatic N) is 3. The molecular formula is C16H29N5O. The van der Waals surface area contributed by atoms with E-state index in [2.05, 4.69) is 39.4 Å². The average Bonchev–Trinajstić information content (AvgIpc) is 3.08. The lowest BCUT2D eigenvalue weighted by Gasteiger charge is -2.23. The number of likely N-dealkylation sites (N-methyl/N-ethyl adjacent to an activating group) is 1. The van der Waals surface area contributed by atoms with Crippen molar-refractivity contribution in [2.24, 2.45) is 4.99 Å². The van der Waals surface area contributed by atoms with E-state index >= 15 is 0 Å². The normalized spacial score (nSPS) is 19.6. The number of aromatic nitrogens is 1. The number of likely N-dealkylation sites (tertiary alicyclic amines) is 1. The highest BCUT2D eigenvalue weighted by molar-refractivity contribution is 5.79. The van der Waals surface area contributed by atoms with Crippen molar-refractivity contribution in [2.75, 3.05) is 26.2 Å². The van der Waals surface area contributed by atoms with Crippen LogP contribution in [0, 0.1) is 13.8 Å². The van der Waals surface area contributed by atoms with Gasteiger partial charge in [0.2, 0.25) is 5.89 Å². The van der Waals surface area contributed by atoms with E-state index in [-0.39, 0.29) is 0 Å². The molecule has 1 saturated heterocycles. The number of rotatable bonds is 6. The molecular weight excluding hydrogens is 278 g/mol. The van der Waals surface area contributed by atoms with Gasteiger partial charge in [-0.3, -0.25) is 4.90 Å². The van der Waals surface area contributed by atoms with Gasteiger partial charge in [-0.2, -0.15) is 0 Å². The first-order valence-corrected chi connectivity index (χ1v) is 8.33. The molecule has 1 aliphatic heterocycles. The Morgan fingerprint density at radius 1 is 1.36 bits per heavy atom. The van der Waals surface area contributed by atoms with Crippen molar-refractivity contribution in [2.45, 2.75) is 53.1 Å². The van der Waals surface area contributed by atoms with Gasteiger partial charge in [0.1, 0.15) is 12.3 Å². The lowest BCUT2D eigenvalue weighted by molar-refractivity contribution is 0.267. The summed E-state index contributed by atoms with van der Waals surface area (Å²) in [4.78, 5) is 11.5. The Kier molecular flexibility index (Phi) is 6.24. The van der Waals surface area contributed by atoms with E-state index in [1.54, 1.807) is 0 Å². The Morgan fingerprint density at radius 3 is 2.82 bits per heavy atom. The van der Waals surface area contributed by atoms with Gasteiger partial charge in [-0.1, -0.05) is 6.92 Å². The van der Waals surface area contributed by atoms with Gasteiger partial charge in [-0.15, -0.1) is 0 Å². The van der Waals surface area contributed by atoms with Crippen LogP contribution in [0.5, 0.6) is 0 Å². The van der Waals surface area contributed by atoms with Crippen LogP contribution < -0.4 is 10.6 Å². The van der Waals surface area contributed by atoms with Gasteiger partial charge < -0.3 is 15.1 Å². The Hall–Kier alpha value is -1.56. The summed E-state index contributed by atoms with van der Waals surface area (Å²) in [6, 6.07) is 0.611. The standard InChI is InChI=1S/C16H29N5O/c1-5-17-16(18-10-14-8-7-9-21(14)6-2)19-11-15-20-12(3)13(4)22-15/h14H,5-11H2,1-4H3,(H2,17,18,19). The molecule has 0 radical (unpaired) electrons. The molecule has 1 atom stereocenters. The number of aliphatic imine (C=N–C) groups is 1. The molecule has 124 valence electrons. The fourth-order valence-electron chi connectivity index (χ4n) is 2.85. The third-order valence-electron chi connectivity index (χ3n) is 4.20. The number of hydrogen-bond acceptors (Lipinski definition) is 4. The Labute approximate surface area is 133 Å². The van der Waals surface area contributed by atoms with Crippen LogP contribution in [0.2, 0.25) is 0 Å². The first kappa shape index (κ1) is 16.8. The van der Waals surface area contributed by atoms with Gasteiger partial charge in [0.05, 0.1) is 5.69 Å². The molecule has 1 aliphatic rings. The maximum absolute atomic E-state index is 5.57. The van der Waals surface area contributed by atoms with Crippen molar-refractivity contribution >= 4 is 5.96 Å². The number of oxazole rings is 1. The average molecular weight is 307 g/mol. The number of guanidine groups is 1. The summed E-state index contributed by atoms with van der Waals surface area (Å²) in [7, 11) is 0. The molecule has 0 spiro atoms. The van der Waals surface area contributed by atoms with Crippen molar-refractivity contribution in [3.63, 3.8) is 0 Å². The number of aryl methyl sites for hydroxylation is 2. The summed E-state index contributed by atoms with van der Waals surface area (Å²) >= 11 is 0. The summed E-state index contributed by atoms with van der Waals surface area (Å²) in [6.07, 6.45) is 2.56. The third kappa shape index (κ3) is 4.47. The molecule has 1 unspecified atom stereocenters. The van der Waals surface area contributed by atoms with E-state index in [0.29, 0.717) is 18.5 Å². The fourth-order valence-corrected chi connectivity index (χ4v) is 2.85. The minimum Gasteiger partial charge on any atom is -0.444 e. The highest BCUT2D eigenvalue weighted by atomic mass is 16.4. The van der Waals surface area contributed by atoms with Gasteiger partial charge >= 0.3 is 0 Å². The monoisotopic (exact) mass is 307 g/mol. The van der Waals surface area contributed by atoms with Crippen LogP contribution in [0.15, 0.2) is 9.41 Å². The molecule has 6 nitrogen and oxygen atoms in total. The molecule has 6 heteroatoms. The maximum Gasteiger partial charge on any atom is 0.216 e. The maximum atomic E-state index is 5.57. The number of nitrogens with one attached hydrogen (secondary N) is 2. The van der Waals surface area contributed by atoms with Crippen molar-refractivity contribution < 1.29 is 4.42 Å². The van der Waals surface area contributed by atoms with Crippen LogP contribution in [0.3, 0.4) is 0 Å². The zero-order valence-corrected chi connectivity index (χ0v) is 14.3. The van der Waals surface area contributed by atoms with Crippen molar-refractivity contribution in [1.82, 2.24) is 20.5 Å². The van der Waals surface area contributed by atoms with Crippen molar-refractivity contribution in [1.29, 1.82) is 0 Å². The molecule has 1 aromatic heterocycles. The Bertz CT molecular complexity index is 477. The van der Waals surface area contributed by atoms with Gasteiger partial charge in [0.15, 0.2) is 5.96 Å². The Balaban J connectivity index is 1.89. The van der Waals surface area contributed by atoms with Gasteiger partial charge in [0.25, 0.3) is 0 Å². The van der Waals surface area contributed by atoms with Crippen LogP contribution >= 0.6 is 0 Å². The molecule has 0 aromatic carbocycles. The molecule has 0 aliphatic carbocycles. The summed E-state index contributed by atoms with van der Waals surface area (Å²) < 4.78 is 5.57. The molecule has 1 fully saturated rings. The van der Waals surface area contributed by atoms with Gasteiger partial charge in [-0.25, -0.2) is 9.98 Å². The first-order valence-electron chi connectivity index (χ1n) is 8.33. The summed E-state index contributed by atoms with van der Waals surface area (Å²) in [5.74, 6) is 2.37. The van der Waals surface area contributed by atoms with Gasteiger partial charge in [-0.05, 0) is 46.7 Å². The highest BCUT2D eigenvalue weighted by Gasteiger charge is 2.22. The highest BCUT2D eigenvalue weighted by Crippen LogP contribution is 2.15. The summed E-state index contributed by atoms with van der Waals surface area (Å²) in [5, 5.41) is 6.73. The third-order valence-corrected chi connectivity index (χ3v) is 4.20. The van der Waals surface area contributed by atoms with Crippen LogP contribution in [-0.4, -0.2) is 48.1 Å². The summed E-state index contributed by atoms with van der Waals surface area (Å²) in [5.41, 5.74) is 0.938. The largest absolute Gasteiger partial charge is 0.444 e. The lowest BCUT2D eigenvalue weighted by atomic mass is 10.2. The predicted octanol–water partition coefficient (Wildman–Crippen LogP) is 1.83. The molecule has 2 heterocycles. The second-order valence-corrected chi connectivity index (χ2v) is 5.75. The first-order chi connectivity index (χ1) is 10.6. The molecule has 22 heavy (non-hydrogen) atoms. The van der Waals surface area contributed by atoms with Crippen LogP contribution in [0.4, 0.5) is 0 Å². The van der Waals surface area contributed by atoms with Crippen molar-refractivity contribution in [3.05, 3.63) is 17.3 Å². The minimum absolute atomic E-state index is 0.464.